The summed E-state index contributed by atoms with van der Waals surface area (Å²) in [6.45, 7) is 3.81. The maximum atomic E-state index is 5.64. The first-order valence-corrected chi connectivity index (χ1v) is 5.21. The highest BCUT2D eigenvalue weighted by molar-refractivity contribution is 5.24. The predicted molar refractivity (Wildman–Crippen MR) is 60.6 cm³/mol. The van der Waals surface area contributed by atoms with Crippen LogP contribution in [0.4, 0.5) is 0 Å². The molecule has 84 valence electrons. The van der Waals surface area contributed by atoms with Crippen LogP contribution in [0.1, 0.15) is 24.2 Å². The van der Waals surface area contributed by atoms with E-state index in [1.165, 1.54) is 0 Å². The van der Waals surface area contributed by atoms with Crippen molar-refractivity contribution in [2.45, 2.75) is 19.6 Å². The zero-order valence-corrected chi connectivity index (χ0v) is 9.40. The second-order valence-electron chi connectivity index (χ2n) is 3.35. The van der Waals surface area contributed by atoms with E-state index in [1.54, 1.807) is 7.11 Å². The Morgan fingerprint density at radius 2 is 1.93 bits per heavy atom. The van der Waals surface area contributed by atoms with Crippen molar-refractivity contribution in [3.8, 4) is 0 Å². The van der Waals surface area contributed by atoms with E-state index in [-0.39, 0.29) is 6.10 Å². The fourth-order valence-electron chi connectivity index (χ4n) is 1.50. The van der Waals surface area contributed by atoms with Gasteiger partial charge in [0.25, 0.3) is 0 Å². The van der Waals surface area contributed by atoms with Gasteiger partial charge in [0.15, 0.2) is 0 Å². The lowest BCUT2D eigenvalue weighted by atomic mass is 10.1. The number of rotatable bonds is 6. The minimum Gasteiger partial charge on any atom is -0.380 e. The van der Waals surface area contributed by atoms with Crippen LogP contribution in [0.15, 0.2) is 24.3 Å². The fraction of sp³-hybridized carbons (Fsp3) is 0.500. The predicted octanol–water partition coefficient (Wildman–Crippen LogP) is 1.87. The first kappa shape index (κ1) is 12.2. The summed E-state index contributed by atoms with van der Waals surface area (Å²) in [5, 5.41) is 0. The van der Waals surface area contributed by atoms with Crippen molar-refractivity contribution < 1.29 is 9.47 Å². The molecule has 0 spiro atoms. The third-order valence-electron chi connectivity index (χ3n) is 2.24. The Morgan fingerprint density at radius 3 is 2.40 bits per heavy atom. The van der Waals surface area contributed by atoms with Crippen LogP contribution >= 0.6 is 0 Å². The number of nitrogens with two attached hydrogens (primary N) is 1. The number of hydrogen-bond acceptors (Lipinski definition) is 3. The van der Waals surface area contributed by atoms with E-state index in [0.29, 0.717) is 19.8 Å². The molecule has 3 nitrogen and oxygen atoms in total. The summed E-state index contributed by atoms with van der Waals surface area (Å²) in [6, 6.07) is 8.17. The Labute approximate surface area is 91.2 Å². The highest BCUT2D eigenvalue weighted by Gasteiger charge is 2.08. The van der Waals surface area contributed by atoms with Gasteiger partial charge in [0, 0.05) is 20.3 Å². The van der Waals surface area contributed by atoms with Crippen LogP contribution in [-0.2, 0) is 16.1 Å². The molecular formula is C12H19NO2. The van der Waals surface area contributed by atoms with Crippen LogP contribution in [-0.4, -0.2) is 20.3 Å². The molecule has 15 heavy (non-hydrogen) atoms. The van der Waals surface area contributed by atoms with Gasteiger partial charge in [-0.05, 0) is 18.1 Å². The molecule has 0 saturated carbocycles. The molecule has 0 saturated heterocycles. The first-order valence-electron chi connectivity index (χ1n) is 5.21. The monoisotopic (exact) mass is 209 g/mol. The van der Waals surface area contributed by atoms with Crippen LogP contribution in [0, 0.1) is 0 Å². The standard InChI is InChI=1S/C12H19NO2/c1-3-15-12(8-13)11-6-4-10(5-7-11)9-14-2/h4-7,12H,3,8-9,13H2,1-2H3. The lowest BCUT2D eigenvalue weighted by Gasteiger charge is -2.15. The number of methoxy groups -OCH3 is 1. The molecule has 0 aliphatic carbocycles. The van der Waals surface area contributed by atoms with E-state index in [1.807, 2.05) is 31.2 Å². The number of ether oxygens (including phenoxy) is 2. The normalized spacial score (nSPS) is 12.7. The quantitative estimate of drug-likeness (QED) is 0.778. The zero-order chi connectivity index (χ0) is 11.1. The average Bonchev–Trinajstić information content (AvgIpc) is 2.28. The Morgan fingerprint density at radius 1 is 1.27 bits per heavy atom. The highest BCUT2D eigenvalue weighted by atomic mass is 16.5. The molecule has 1 aromatic carbocycles. The lowest BCUT2D eigenvalue weighted by molar-refractivity contribution is 0.0688. The topological polar surface area (TPSA) is 44.5 Å². The van der Waals surface area contributed by atoms with Crippen molar-refractivity contribution in [1.29, 1.82) is 0 Å². The highest BCUT2D eigenvalue weighted by Crippen LogP contribution is 2.16. The van der Waals surface area contributed by atoms with E-state index in [2.05, 4.69) is 0 Å². The molecule has 0 heterocycles. The third-order valence-corrected chi connectivity index (χ3v) is 2.24. The van der Waals surface area contributed by atoms with E-state index in [0.717, 1.165) is 11.1 Å². The van der Waals surface area contributed by atoms with Crippen LogP contribution in [0.25, 0.3) is 0 Å². The fourth-order valence-corrected chi connectivity index (χ4v) is 1.50. The van der Waals surface area contributed by atoms with Gasteiger partial charge in [0.1, 0.15) is 0 Å². The SMILES string of the molecule is CCOC(CN)c1ccc(COC)cc1. The van der Waals surface area contributed by atoms with Crippen LogP contribution in [0.2, 0.25) is 0 Å². The molecule has 1 rings (SSSR count). The van der Waals surface area contributed by atoms with Gasteiger partial charge >= 0.3 is 0 Å². The summed E-state index contributed by atoms with van der Waals surface area (Å²) >= 11 is 0. The summed E-state index contributed by atoms with van der Waals surface area (Å²) in [6.07, 6.45) is 0.00611. The summed E-state index contributed by atoms with van der Waals surface area (Å²) in [4.78, 5) is 0. The maximum absolute atomic E-state index is 5.64. The van der Waals surface area contributed by atoms with E-state index < -0.39 is 0 Å². The number of hydrogen-bond donors (Lipinski definition) is 1. The van der Waals surface area contributed by atoms with Crippen LogP contribution in [0.5, 0.6) is 0 Å². The van der Waals surface area contributed by atoms with Crippen molar-refractivity contribution in [2.75, 3.05) is 20.3 Å². The smallest absolute Gasteiger partial charge is 0.0946 e. The number of benzene rings is 1. The third kappa shape index (κ3) is 3.63. The summed E-state index contributed by atoms with van der Waals surface area (Å²) in [5.74, 6) is 0. The molecule has 0 aliphatic heterocycles. The van der Waals surface area contributed by atoms with Gasteiger partial charge < -0.3 is 15.2 Å². The Bertz CT molecular complexity index is 271. The molecule has 1 aromatic rings. The van der Waals surface area contributed by atoms with Crippen molar-refractivity contribution in [3.05, 3.63) is 35.4 Å². The van der Waals surface area contributed by atoms with Gasteiger partial charge in [0.05, 0.1) is 12.7 Å². The molecule has 0 fully saturated rings. The van der Waals surface area contributed by atoms with Crippen LogP contribution < -0.4 is 5.73 Å². The molecule has 1 unspecified atom stereocenters. The Balaban J connectivity index is 2.68. The molecule has 1 atom stereocenters. The van der Waals surface area contributed by atoms with Gasteiger partial charge in [-0.3, -0.25) is 0 Å². The Hall–Kier alpha value is -0.900. The largest absolute Gasteiger partial charge is 0.380 e. The molecular weight excluding hydrogens is 190 g/mol. The summed E-state index contributed by atoms with van der Waals surface area (Å²) in [7, 11) is 1.69. The van der Waals surface area contributed by atoms with Gasteiger partial charge in [-0.1, -0.05) is 24.3 Å². The molecule has 0 aliphatic rings. The molecule has 3 heteroatoms. The van der Waals surface area contributed by atoms with Crippen molar-refractivity contribution in [1.82, 2.24) is 0 Å². The van der Waals surface area contributed by atoms with E-state index in [4.69, 9.17) is 15.2 Å². The van der Waals surface area contributed by atoms with Crippen molar-refractivity contribution >= 4 is 0 Å². The van der Waals surface area contributed by atoms with Gasteiger partial charge in [-0.2, -0.15) is 0 Å². The van der Waals surface area contributed by atoms with Gasteiger partial charge in [0.2, 0.25) is 0 Å². The Kier molecular flexibility index (Phi) is 5.32. The van der Waals surface area contributed by atoms with E-state index in [9.17, 15) is 0 Å². The second kappa shape index (κ2) is 6.56. The van der Waals surface area contributed by atoms with E-state index >= 15 is 0 Å². The minimum atomic E-state index is 0.00611. The average molecular weight is 209 g/mol. The van der Waals surface area contributed by atoms with Crippen LogP contribution in [0.3, 0.4) is 0 Å². The lowest BCUT2D eigenvalue weighted by Crippen LogP contribution is -2.15. The molecule has 0 aromatic heterocycles. The molecule has 2 N–H and O–H groups in total. The summed E-state index contributed by atoms with van der Waals surface area (Å²) < 4.78 is 10.6. The molecule has 0 amide bonds. The zero-order valence-electron chi connectivity index (χ0n) is 9.40. The van der Waals surface area contributed by atoms with Gasteiger partial charge in [-0.15, -0.1) is 0 Å². The minimum absolute atomic E-state index is 0.00611. The summed E-state index contributed by atoms with van der Waals surface area (Å²) in [5.41, 5.74) is 7.92. The van der Waals surface area contributed by atoms with Crippen molar-refractivity contribution in [3.63, 3.8) is 0 Å². The maximum Gasteiger partial charge on any atom is 0.0946 e. The first-order chi connectivity index (χ1) is 7.31. The second-order valence-corrected chi connectivity index (χ2v) is 3.35. The van der Waals surface area contributed by atoms with Gasteiger partial charge in [-0.25, -0.2) is 0 Å². The molecule has 0 radical (unpaired) electrons. The molecule has 0 bridgehead atoms. The van der Waals surface area contributed by atoms with Crippen molar-refractivity contribution in [2.24, 2.45) is 5.73 Å².